The Morgan fingerprint density at radius 2 is 1.24 bits per heavy atom. The molecule has 0 radical (unpaired) electrons. The average molecular weight is 643 g/mol. The number of hydrogen-bond donors (Lipinski definition) is 6. The van der Waals surface area contributed by atoms with E-state index in [2.05, 4.69) is 21.3 Å². The number of benzene rings is 1. The van der Waals surface area contributed by atoms with Crippen molar-refractivity contribution in [3.8, 4) is 0 Å². The van der Waals surface area contributed by atoms with Crippen LogP contribution >= 0.6 is 0 Å². The van der Waals surface area contributed by atoms with Crippen LogP contribution in [0.4, 0.5) is 0 Å². The second-order valence-electron chi connectivity index (χ2n) is 14.1. The Morgan fingerprint density at radius 3 is 1.78 bits per heavy atom. The van der Waals surface area contributed by atoms with E-state index in [-0.39, 0.29) is 30.1 Å². The fourth-order valence-corrected chi connectivity index (χ4v) is 5.98. The average Bonchev–Trinajstić information content (AvgIpc) is 2.98. The summed E-state index contributed by atoms with van der Waals surface area (Å²) in [7, 11) is 0. The van der Waals surface area contributed by atoms with Gasteiger partial charge in [0.15, 0.2) is 0 Å². The summed E-state index contributed by atoms with van der Waals surface area (Å²) < 4.78 is 0. The van der Waals surface area contributed by atoms with Crippen molar-refractivity contribution in [3.05, 3.63) is 35.9 Å². The Labute approximate surface area is 275 Å². The second kappa shape index (κ2) is 19.3. The van der Waals surface area contributed by atoms with E-state index in [1.54, 1.807) is 0 Å². The number of amides is 5. The zero-order valence-electron chi connectivity index (χ0n) is 28.6. The van der Waals surface area contributed by atoms with Gasteiger partial charge in [-0.05, 0) is 48.5 Å². The summed E-state index contributed by atoms with van der Waals surface area (Å²) in [6.45, 7) is 11.4. The number of carbonyl (C=O) groups is 5. The monoisotopic (exact) mass is 642 g/mol. The van der Waals surface area contributed by atoms with Crippen molar-refractivity contribution in [2.75, 3.05) is 0 Å². The minimum Gasteiger partial charge on any atom is -0.368 e. The summed E-state index contributed by atoms with van der Waals surface area (Å²) in [6.07, 6.45) is 6.57. The van der Waals surface area contributed by atoms with Crippen molar-refractivity contribution in [3.63, 3.8) is 0 Å². The molecule has 1 saturated carbocycles. The van der Waals surface area contributed by atoms with Crippen LogP contribution in [-0.2, 0) is 30.4 Å². The number of nitrogens with one attached hydrogen (secondary N) is 4. The van der Waals surface area contributed by atoms with E-state index in [4.69, 9.17) is 11.5 Å². The fourth-order valence-electron chi connectivity index (χ4n) is 5.98. The third kappa shape index (κ3) is 13.5. The zero-order chi connectivity index (χ0) is 34.4. The molecule has 258 valence electrons. The van der Waals surface area contributed by atoms with Crippen LogP contribution in [0.3, 0.4) is 0 Å². The third-order valence-electron chi connectivity index (χ3n) is 8.52. The summed E-state index contributed by atoms with van der Waals surface area (Å²) in [4.78, 5) is 66.3. The fraction of sp³-hybridized carbons (Fsp3) is 0.686. The Morgan fingerprint density at radius 1 is 0.696 bits per heavy atom. The number of hydrogen-bond acceptors (Lipinski definition) is 6. The lowest BCUT2D eigenvalue weighted by Crippen LogP contribution is -2.60. The van der Waals surface area contributed by atoms with Gasteiger partial charge in [0.1, 0.15) is 24.2 Å². The quantitative estimate of drug-likeness (QED) is 0.143. The molecule has 0 aliphatic heterocycles. The molecule has 0 aromatic heterocycles. The molecule has 0 spiro atoms. The normalized spacial score (nSPS) is 17.1. The smallest absolute Gasteiger partial charge is 0.243 e. The molecule has 1 aromatic rings. The highest BCUT2D eigenvalue weighted by Crippen LogP contribution is 2.27. The molecule has 0 bridgehead atoms. The SMILES string of the molecule is CC(C)C[C@@H](N)C(=O)N[C@@H](C(=O)N[C@H](Cc1ccccc1)C(=O)N[C@H](CC1CCCCC1)C(=O)N[C@H](CC(C)C)C(N)=O)C(C)C. The summed E-state index contributed by atoms with van der Waals surface area (Å²) in [5.74, 6) is -2.31. The van der Waals surface area contributed by atoms with Crippen molar-refractivity contribution < 1.29 is 24.0 Å². The number of nitrogens with two attached hydrogens (primary N) is 2. The highest BCUT2D eigenvalue weighted by atomic mass is 16.2. The maximum absolute atomic E-state index is 14.0. The third-order valence-corrected chi connectivity index (χ3v) is 8.52. The molecule has 1 fully saturated rings. The van der Waals surface area contributed by atoms with Gasteiger partial charge in [0.25, 0.3) is 0 Å². The van der Waals surface area contributed by atoms with Crippen LogP contribution in [0, 0.1) is 23.7 Å². The predicted molar refractivity (Wildman–Crippen MR) is 180 cm³/mol. The molecule has 11 nitrogen and oxygen atoms in total. The van der Waals surface area contributed by atoms with Crippen molar-refractivity contribution >= 4 is 29.5 Å². The lowest BCUT2D eigenvalue weighted by molar-refractivity contribution is -0.135. The van der Waals surface area contributed by atoms with E-state index in [0.717, 1.165) is 37.7 Å². The minimum atomic E-state index is -1.04. The van der Waals surface area contributed by atoms with Gasteiger partial charge in [-0.15, -0.1) is 0 Å². The van der Waals surface area contributed by atoms with Gasteiger partial charge in [-0.3, -0.25) is 24.0 Å². The predicted octanol–water partition coefficient (Wildman–Crippen LogP) is 2.70. The van der Waals surface area contributed by atoms with Crippen LogP contribution in [0.2, 0.25) is 0 Å². The molecule has 46 heavy (non-hydrogen) atoms. The van der Waals surface area contributed by atoms with E-state index in [9.17, 15) is 24.0 Å². The Balaban J connectivity index is 2.32. The van der Waals surface area contributed by atoms with Gasteiger partial charge < -0.3 is 32.7 Å². The molecule has 0 unspecified atom stereocenters. The summed E-state index contributed by atoms with van der Waals surface area (Å²) in [5.41, 5.74) is 12.5. The maximum Gasteiger partial charge on any atom is 0.243 e. The van der Waals surface area contributed by atoms with E-state index in [1.165, 1.54) is 0 Å². The molecule has 0 saturated heterocycles. The van der Waals surface area contributed by atoms with E-state index < -0.39 is 59.7 Å². The molecule has 5 atom stereocenters. The zero-order valence-corrected chi connectivity index (χ0v) is 28.6. The molecule has 5 amide bonds. The first-order chi connectivity index (χ1) is 21.7. The van der Waals surface area contributed by atoms with Crippen molar-refractivity contribution in [1.29, 1.82) is 0 Å². The molecule has 1 aliphatic rings. The van der Waals surface area contributed by atoms with Gasteiger partial charge in [0.2, 0.25) is 29.5 Å². The summed E-state index contributed by atoms with van der Waals surface area (Å²) >= 11 is 0. The molecule has 8 N–H and O–H groups in total. The van der Waals surface area contributed by atoms with Crippen LogP contribution in [0.5, 0.6) is 0 Å². The lowest BCUT2D eigenvalue weighted by atomic mass is 9.84. The molecular weight excluding hydrogens is 584 g/mol. The molecule has 0 heterocycles. The van der Waals surface area contributed by atoms with Gasteiger partial charge >= 0.3 is 0 Å². The van der Waals surface area contributed by atoms with Crippen LogP contribution in [0.25, 0.3) is 0 Å². The van der Waals surface area contributed by atoms with Crippen LogP contribution < -0.4 is 32.7 Å². The highest BCUT2D eigenvalue weighted by molar-refractivity contribution is 5.96. The van der Waals surface area contributed by atoms with Crippen molar-refractivity contribution in [1.82, 2.24) is 21.3 Å². The number of carbonyl (C=O) groups excluding carboxylic acids is 5. The van der Waals surface area contributed by atoms with E-state index in [1.807, 2.05) is 71.9 Å². The molecule has 1 aromatic carbocycles. The summed E-state index contributed by atoms with van der Waals surface area (Å²) in [6, 6.07) is 4.74. The minimum absolute atomic E-state index is 0.115. The van der Waals surface area contributed by atoms with Gasteiger partial charge in [-0.1, -0.05) is 104 Å². The number of rotatable bonds is 18. The first-order valence-electron chi connectivity index (χ1n) is 17.0. The van der Waals surface area contributed by atoms with Gasteiger partial charge in [0.05, 0.1) is 6.04 Å². The topological polar surface area (TPSA) is 186 Å². The first-order valence-corrected chi connectivity index (χ1v) is 17.0. The molecule has 11 heteroatoms. The van der Waals surface area contributed by atoms with Gasteiger partial charge in [0, 0.05) is 6.42 Å². The molecule has 2 rings (SSSR count). The van der Waals surface area contributed by atoms with Crippen molar-refractivity contribution in [2.45, 2.75) is 130 Å². The Kier molecular flexibility index (Phi) is 16.2. The standard InChI is InChI=1S/C35H58N6O5/c1-21(2)17-26(36)32(43)41-30(23(5)6)35(46)40-29(20-25-15-11-8-12-16-25)34(45)39-28(19-24-13-9-7-10-14-24)33(44)38-27(31(37)42)18-22(3)4/h8,11-12,15-16,21-24,26-30H,7,9-10,13-14,17-20,36H2,1-6H3,(H2,37,42)(H,38,44)(H,39,45)(H,40,46)(H,41,43)/t26-,27-,28-,29-,30-/m1/s1. The Bertz CT molecular complexity index is 1140. The molecular formula is C35H58N6O5. The summed E-state index contributed by atoms with van der Waals surface area (Å²) in [5, 5.41) is 11.3. The van der Waals surface area contributed by atoms with E-state index in [0.29, 0.717) is 19.3 Å². The largest absolute Gasteiger partial charge is 0.368 e. The highest BCUT2D eigenvalue weighted by Gasteiger charge is 2.34. The maximum atomic E-state index is 14.0. The second-order valence-corrected chi connectivity index (χ2v) is 14.1. The lowest BCUT2D eigenvalue weighted by Gasteiger charge is -2.30. The number of primary amides is 1. The van der Waals surface area contributed by atoms with Gasteiger partial charge in [-0.25, -0.2) is 0 Å². The van der Waals surface area contributed by atoms with Crippen molar-refractivity contribution in [2.24, 2.45) is 35.1 Å². The molecule has 1 aliphatic carbocycles. The van der Waals surface area contributed by atoms with Crippen LogP contribution in [0.15, 0.2) is 30.3 Å². The van der Waals surface area contributed by atoms with E-state index >= 15 is 0 Å². The van der Waals surface area contributed by atoms with Crippen LogP contribution in [-0.4, -0.2) is 59.7 Å². The Hall–Kier alpha value is -3.47. The van der Waals surface area contributed by atoms with Gasteiger partial charge in [-0.2, -0.15) is 0 Å². The first kappa shape index (κ1) is 38.7. The van der Waals surface area contributed by atoms with Crippen LogP contribution in [0.1, 0.15) is 98.5 Å².